The second kappa shape index (κ2) is 4.96. The zero-order valence-electron chi connectivity index (χ0n) is 11.1. The first-order valence-corrected chi connectivity index (χ1v) is 6.40. The molecule has 22 heavy (non-hydrogen) atoms. The molecule has 0 aromatic carbocycles. The molecule has 0 spiro atoms. The molecule has 3 heterocycles. The number of aromatic nitrogens is 1. The van der Waals surface area contributed by atoms with Gasteiger partial charge in [-0.2, -0.15) is 13.2 Å². The van der Waals surface area contributed by atoms with E-state index in [9.17, 15) is 22.0 Å². The highest BCUT2D eigenvalue weighted by atomic mass is 19.4. The van der Waals surface area contributed by atoms with E-state index >= 15 is 0 Å². The normalized spacial score (nSPS) is 20.6. The molecule has 1 fully saturated rings. The fraction of sp³-hybridized carbons (Fsp3) is 0.500. The Morgan fingerprint density at radius 2 is 2.00 bits per heavy atom. The van der Waals surface area contributed by atoms with E-state index in [1.54, 1.807) is 0 Å². The van der Waals surface area contributed by atoms with Crippen molar-refractivity contribution < 1.29 is 26.7 Å². The van der Waals surface area contributed by atoms with Crippen molar-refractivity contribution in [2.45, 2.75) is 12.1 Å². The molecule has 0 radical (unpaired) electrons. The molecule has 1 saturated heterocycles. The average Bonchev–Trinajstić information content (AvgIpc) is 2.44. The lowest BCUT2D eigenvalue weighted by molar-refractivity contribution is -0.137. The third-order valence-corrected chi connectivity index (χ3v) is 3.20. The third kappa shape index (κ3) is 2.77. The Labute approximate surface area is 121 Å². The van der Waals surface area contributed by atoms with Crippen molar-refractivity contribution in [2.24, 2.45) is 5.10 Å². The van der Waals surface area contributed by atoms with Gasteiger partial charge >= 0.3 is 6.18 Å². The molecule has 0 amide bonds. The summed E-state index contributed by atoms with van der Waals surface area (Å²) in [5.74, 6) is -3.50. The van der Waals surface area contributed by atoms with Crippen LogP contribution < -0.4 is 10.3 Å². The third-order valence-electron chi connectivity index (χ3n) is 3.20. The van der Waals surface area contributed by atoms with Crippen LogP contribution in [0.1, 0.15) is 11.1 Å². The molecule has 0 saturated carbocycles. The quantitative estimate of drug-likeness (QED) is 0.844. The Hall–Kier alpha value is -2.13. The molecule has 2 aliphatic heterocycles. The van der Waals surface area contributed by atoms with Gasteiger partial charge < -0.3 is 15.1 Å². The number of nitrogens with zero attached hydrogens (tertiary/aromatic N) is 3. The fourth-order valence-electron chi connectivity index (χ4n) is 2.20. The first-order valence-electron chi connectivity index (χ1n) is 6.40. The van der Waals surface area contributed by atoms with E-state index in [0.29, 0.717) is 6.54 Å². The van der Waals surface area contributed by atoms with Crippen LogP contribution in [0.25, 0.3) is 0 Å². The summed E-state index contributed by atoms with van der Waals surface area (Å²) in [6.45, 7) is -0.840. The summed E-state index contributed by atoms with van der Waals surface area (Å²) in [6.07, 6.45) is -3.58. The van der Waals surface area contributed by atoms with Gasteiger partial charge in [-0.3, -0.25) is 0 Å². The van der Waals surface area contributed by atoms with Gasteiger partial charge in [-0.1, -0.05) is 0 Å². The SMILES string of the molecule is FC1(F)CN(c2ncc(C3=NNCCO3)cc2C(F)(F)F)C1. The molecule has 1 N–H and O–H groups in total. The zero-order chi connectivity index (χ0) is 16.0. The van der Waals surface area contributed by atoms with E-state index in [1.807, 2.05) is 0 Å². The summed E-state index contributed by atoms with van der Waals surface area (Å²) in [4.78, 5) is 4.59. The monoisotopic (exact) mass is 322 g/mol. The predicted octanol–water partition coefficient (Wildman–Crippen LogP) is 1.84. The number of ether oxygens (including phenoxy) is 1. The van der Waals surface area contributed by atoms with Gasteiger partial charge in [-0.15, -0.1) is 5.10 Å². The standard InChI is InChI=1S/C12H11F5N4O/c13-11(14)5-21(6-11)9-8(12(15,16)17)3-7(4-18-9)10-20-19-1-2-22-10/h3-4,19H,1-2,5-6H2. The highest BCUT2D eigenvalue weighted by Crippen LogP contribution is 2.40. The number of hydrogen-bond acceptors (Lipinski definition) is 5. The maximum absolute atomic E-state index is 13.2. The molecule has 1 aromatic heterocycles. The number of alkyl halides is 5. The van der Waals surface area contributed by atoms with Gasteiger partial charge in [-0.25, -0.2) is 13.8 Å². The number of hydrazone groups is 1. The average molecular weight is 322 g/mol. The summed E-state index contributed by atoms with van der Waals surface area (Å²) in [5, 5.41) is 3.76. The first kappa shape index (κ1) is 14.8. The highest BCUT2D eigenvalue weighted by Gasteiger charge is 2.47. The van der Waals surface area contributed by atoms with Crippen LogP contribution in [-0.2, 0) is 10.9 Å². The molecule has 3 rings (SSSR count). The van der Waals surface area contributed by atoms with Gasteiger partial charge in [0.25, 0.3) is 5.92 Å². The maximum atomic E-state index is 13.2. The van der Waals surface area contributed by atoms with Crippen molar-refractivity contribution >= 4 is 11.7 Å². The molecule has 120 valence electrons. The Morgan fingerprint density at radius 3 is 2.55 bits per heavy atom. The molecular formula is C12H11F5N4O. The van der Waals surface area contributed by atoms with Crippen LogP contribution in [0, 0.1) is 0 Å². The Balaban J connectivity index is 1.96. The topological polar surface area (TPSA) is 49.8 Å². The number of halogens is 5. The Morgan fingerprint density at radius 1 is 1.27 bits per heavy atom. The van der Waals surface area contributed by atoms with Crippen molar-refractivity contribution in [3.63, 3.8) is 0 Å². The number of nitrogens with one attached hydrogen (secondary N) is 1. The minimum absolute atomic E-state index is 0.00950. The zero-order valence-corrected chi connectivity index (χ0v) is 11.1. The molecule has 0 aliphatic carbocycles. The van der Waals surface area contributed by atoms with Crippen LogP contribution >= 0.6 is 0 Å². The highest BCUT2D eigenvalue weighted by molar-refractivity contribution is 5.94. The van der Waals surface area contributed by atoms with E-state index in [2.05, 4.69) is 15.5 Å². The molecular weight excluding hydrogens is 311 g/mol. The summed E-state index contributed by atoms with van der Waals surface area (Å²) in [6, 6.07) is 0.810. The van der Waals surface area contributed by atoms with Crippen LogP contribution in [0.3, 0.4) is 0 Å². The number of rotatable bonds is 2. The van der Waals surface area contributed by atoms with Crippen molar-refractivity contribution in [3.8, 4) is 0 Å². The minimum Gasteiger partial charge on any atom is -0.474 e. The van der Waals surface area contributed by atoms with Crippen molar-refractivity contribution in [1.82, 2.24) is 10.4 Å². The van der Waals surface area contributed by atoms with Crippen LogP contribution in [0.4, 0.5) is 27.8 Å². The van der Waals surface area contributed by atoms with Crippen LogP contribution in [0.5, 0.6) is 0 Å². The summed E-state index contributed by atoms with van der Waals surface area (Å²) in [7, 11) is 0. The Bertz CT molecular complexity index is 608. The molecule has 10 heteroatoms. The second-order valence-electron chi connectivity index (χ2n) is 4.98. The van der Waals surface area contributed by atoms with Gasteiger partial charge in [-0.05, 0) is 6.07 Å². The molecule has 1 aromatic rings. The van der Waals surface area contributed by atoms with E-state index in [4.69, 9.17) is 4.74 Å². The van der Waals surface area contributed by atoms with Crippen LogP contribution in [-0.4, -0.2) is 43.0 Å². The molecule has 0 unspecified atom stereocenters. The van der Waals surface area contributed by atoms with E-state index in [-0.39, 0.29) is 18.1 Å². The second-order valence-corrected chi connectivity index (χ2v) is 4.98. The lowest BCUT2D eigenvalue weighted by Crippen LogP contribution is -2.57. The van der Waals surface area contributed by atoms with E-state index < -0.39 is 36.6 Å². The molecule has 2 aliphatic rings. The molecule has 5 nitrogen and oxygen atoms in total. The summed E-state index contributed by atoms with van der Waals surface area (Å²) in [5.41, 5.74) is 1.56. The van der Waals surface area contributed by atoms with Crippen molar-refractivity contribution in [1.29, 1.82) is 0 Å². The lowest BCUT2D eigenvalue weighted by atomic mass is 10.1. The fourth-order valence-corrected chi connectivity index (χ4v) is 2.20. The number of pyridine rings is 1. The van der Waals surface area contributed by atoms with Gasteiger partial charge in [0.05, 0.1) is 30.8 Å². The van der Waals surface area contributed by atoms with Crippen LogP contribution in [0.2, 0.25) is 0 Å². The first-order chi connectivity index (χ1) is 10.3. The lowest BCUT2D eigenvalue weighted by Gasteiger charge is -2.40. The van der Waals surface area contributed by atoms with Gasteiger partial charge in [0.1, 0.15) is 12.4 Å². The minimum atomic E-state index is -4.72. The summed E-state index contributed by atoms with van der Waals surface area (Å²) < 4.78 is 70.4. The van der Waals surface area contributed by atoms with Gasteiger partial charge in [0.2, 0.25) is 5.90 Å². The van der Waals surface area contributed by atoms with E-state index in [1.165, 1.54) is 0 Å². The smallest absolute Gasteiger partial charge is 0.419 e. The molecule has 0 bridgehead atoms. The van der Waals surface area contributed by atoms with Gasteiger partial charge in [0, 0.05) is 6.20 Å². The number of anilines is 1. The summed E-state index contributed by atoms with van der Waals surface area (Å²) >= 11 is 0. The largest absolute Gasteiger partial charge is 0.474 e. The van der Waals surface area contributed by atoms with Crippen molar-refractivity contribution in [3.05, 3.63) is 23.4 Å². The van der Waals surface area contributed by atoms with Gasteiger partial charge in [0.15, 0.2) is 0 Å². The maximum Gasteiger partial charge on any atom is 0.419 e. The number of hydrogen-bond donors (Lipinski definition) is 1. The molecule has 0 atom stereocenters. The predicted molar refractivity (Wildman–Crippen MR) is 66.9 cm³/mol. The Kier molecular flexibility index (Phi) is 3.33. The van der Waals surface area contributed by atoms with Crippen LogP contribution in [0.15, 0.2) is 17.4 Å². The van der Waals surface area contributed by atoms with E-state index in [0.717, 1.165) is 17.2 Å². The van der Waals surface area contributed by atoms with Crippen molar-refractivity contribution in [2.75, 3.05) is 31.1 Å².